The summed E-state index contributed by atoms with van der Waals surface area (Å²) in [7, 11) is 0. The second kappa shape index (κ2) is 15.1. The van der Waals surface area contributed by atoms with Gasteiger partial charge in [-0.05, 0) is 80.9 Å². The van der Waals surface area contributed by atoms with Crippen LogP contribution in [0.2, 0.25) is 0 Å². The van der Waals surface area contributed by atoms with Crippen molar-refractivity contribution in [2.75, 3.05) is 0 Å². The molecule has 0 aliphatic carbocycles. The van der Waals surface area contributed by atoms with Crippen LogP contribution in [-0.4, -0.2) is 19.9 Å². The Morgan fingerprint density at radius 3 is 1.02 bits per heavy atom. The lowest BCUT2D eigenvalue weighted by Crippen LogP contribution is -2.00. The number of benzene rings is 8. The standard InChI is InChI=1S/C52H34N4S/c1-5-13-35(14-6-1)39-21-25-41(26-22-39)49-54-50(42-27-23-40(24-28-42)36-15-7-2-8-16-36)56-51(55-49)43-29-30-48-47(34-43)53-52(57-48)46-32-44(37-17-9-3-10-18-37)31-45(33-46)38-19-11-4-12-20-38/h1-34H. The van der Waals surface area contributed by atoms with E-state index in [9.17, 15) is 0 Å². The van der Waals surface area contributed by atoms with Crippen LogP contribution in [0.5, 0.6) is 0 Å². The quantitative estimate of drug-likeness (QED) is 0.155. The third kappa shape index (κ3) is 7.16. The zero-order valence-corrected chi connectivity index (χ0v) is 31.6. The number of hydrogen-bond donors (Lipinski definition) is 0. The number of hydrogen-bond acceptors (Lipinski definition) is 5. The minimum Gasteiger partial charge on any atom is -0.236 e. The Morgan fingerprint density at radius 1 is 0.246 bits per heavy atom. The van der Waals surface area contributed by atoms with Gasteiger partial charge in [0.25, 0.3) is 0 Å². The van der Waals surface area contributed by atoms with Crippen LogP contribution >= 0.6 is 11.3 Å². The van der Waals surface area contributed by atoms with E-state index in [1.54, 1.807) is 11.3 Å². The smallest absolute Gasteiger partial charge is 0.164 e. The van der Waals surface area contributed by atoms with Crippen molar-refractivity contribution in [2.24, 2.45) is 0 Å². The molecular weight excluding hydrogens is 713 g/mol. The Bertz CT molecular complexity index is 2800. The zero-order chi connectivity index (χ0) is 38.0. The van der Waals surface area contributed by atoms with Crippen molar-refractivity contribution < 1.29 is 0 Å². The number of fused-ring (bicyclic) bond motifs is 1. The van der Waals surface area contributed by atoms with Gasteiger partial charge in [0.15, 0.2) is 17.5 Å². The first kappa shape index (κ1) is 34.2. The summed E-state index contributed by atoms with van der Waals surface area (Å²) in [6.45, 7) is 0. The van der Waals surface area contributed by atoms with Gasteiger partial charge in [-0.15, -0.1) is 11.3 Å². The van der Waals surface area contributed by atoms with Crippen molar-refractivity contribution in [3.8, 4) is 89.2 Å². The maximum atomic E-state index is 5.22. The van der Waals surface area contributed by atoms with E-state index in [4.69, 9.17) is 19.9 Å². The predicted molar refractivity (Wildman–Crippen MR) is 236 cm³/mol. The molecule has 0 saturated heterocycles. The Balaban J connectivity index is 1.06. The summed E-state index contributed by atoms with van der Waals surface area (Å²) >= 11 is 1.70. The molecule has 0 bridgehead atoms. The van der Waals surface area contributed by atoms with Gasteiger partial charge in [-0.3, -0.25) is 0 Å². The van der Waals surface area contributed by atoms with Crippen molar-refractivity contribution in [3.63, 3.8) is 0 Å². The molecule has 0 radical (unpaired) electrons. The SMILES string of the molecule is c1ccc(-c2ccc(-c3nc(-c4ccc(-c5ccccc5)cc4)nc(-c4ccc5sc(-c6cc(-c7ccccc7)cc(-c7ccccc7)c6)nc5c4)n3)cc2)cc1. The fraction of sp³-hybridized carbons (Fsp3) is 0. The molecule has 268 valence electrons. The number of aromatic nitrogens is 4. The average molecular weight is 747 g/mol. The third-order valence-electron chi connectivity index (χ3n) is 10.2. The molecule has 0 aliphatic rings. The summed E-state index contributed by atoms with van der Waals surface area (Å²) in [6, 6.07) is 71.8. The van der Waals surface area contributed by atoms with Gasteiger partial charge >= 0.3 is 0 Å². The molecule has 2 aromatic heterocycles. The normalized spacial score (nSPS) is 11.2. The van der Waals surface area contributed by atoms with Crippen molar-refractivity contribution >= 4 is 21.6 Å². The lowest BCUT2D eigenvalue weighted by atomic mass is 9.96. The summed E-state index contributed by atoms with van der Waals surface area (Å²) in [5.74, 6) is 1.84. The highest BCUT2D eigenvalue weighted by molar-refractivity contribution is 7.21. The minimum atomic E-state index is 0.600. The van der Waals surface area contributed by atoms with Crippen molar-refractivity contribution in [3.05, 3.63) is 206 Å². The van der Waals surface area contributed by atoms with E-state index in [-0.39, 0.29) is 0 Å². The van der Waals surface area contributed by atoms with E-state index in [2.05, 4.69) is 194 Å². The summed E-state index contributed by atoms with van der Waals surface area (Å²) < 4.78 is 1.10. The minimum absolute atomic E-state index is 0.600. The van der Waals surface area contributed by atoms with Gasteiger partial charge in [0.1, 0.15) is 5.01 Å². The maximum Gasteiger partial charge on any atom is 0.164 e. The molecule has 0 atom stereocenters. The van der Waals surface area contributed by atoms with Crippen LogP contribution in [0.4, 0.5) is 0 Å². The topological polar surface area (TPSA) is 51.6 Å². The molecule has 10 rings (SSSR count). The number of rotatable bonds is 8. The molecule has 2 heterocycles. The second-order valence-corrected chi connectivity index (χ2v) is 15.0. The first-order valence-corrected chi connectivity index (χ1v) is 19.8. The Morgan fingerprint density at radius 2 is 0.579 bits per heavy atom. The van der Waals surface area contributed by atoms with E-state index < -0.39 is 0 Å². The third-order valence-corrected chi connectivity index (χ3v) is 11.3. The van der Waals surface area contributed by atoms with E-state index >= 15 is 0 Å². The van der Waals surface area contributed by atoms with Gasteiger partial charge in [-0.2, -0.15) is 0 Å². The summed E-state index contributed by atoms with van der Waals surface area (Å²) in [6.07, 6.45) is 0. The monoisotopic (exact) mass is 746 g/mol. The molecule has 0 saturated carbocycles. The lowest BCUT2D eigenvalue weighted by molar-refractivity contribution is 1.07. The Hall–Kier alpha value is -7.34. The van der Waals surface area contributed by atoms with Gasteiger partial charge in [-0.25, -0.2) is 19.9 Å². The molecule has 0 unspecified atom stereocenters. The van der Waals surface area contributed by atoms with Crippen LogP contribution in [0.25, 0.3) is 99.5 Å². The largest absolute Gasteiger partial charge is 0.236 e. The second-order valence-electron chi connectivity index (χ2n) is 13.9. The van der Waals surface area contributed by atoms with E-state index in [0.717, 1.165) is 59.7 Å². The van der Waals surface area contributed by atoms with Gasteiger partial charge < -0.3 is 0 Å². The van der Waals surface area contributed by atoms with E-state index in [0.29, 0.717) is 17.5 Å². The van der Waals surface area contributed by atoms with Crippen molar-refractivity contribution in [1.29, 1.82) is 0 Å². The highest BCUT2D eigenvalue weighted by Gasteiger charge is 2.16. The highest BCUT2D eigenvalue weighted by atomic mass is 32.1. The van der Waals surface area contributed by atoms with Gasteiger partial charge in [0.05, 0.1) is 10.2 Å². The van der Waals surface area contributed by atoms with Crippen molar-refractivity contribution in [2.45, 2.75) is 0 Å². The lowest BCUT2D eigenvalue weighted by Gasteiger charge is -2.10. The van der Waals surface area contributed by atoms with Crippen LogP contribution in [0.1, 0.15) is 0 Å². The molecule has 4 nitrogen and oxygen atoms in total. The van der Waals surface area contributed by atoms with Crippen LogP contribution < -0.4 is 0 Å². The van der Waals surface area contributed by atoms with Gasteiger partial charge in [0, 0.05) is 22.3 Å². The van der Waals surface area contributed by atoms with E-state index in [1.165, 1.54) is 22.3 Å². The molecule has 0 amide bonds. The molecular formula is C52H34N4S. The van der Waals surface area contributed by atoms with Crippen molar-refractivity contribution in [1.82, 2.24) is 19.9 Å². The highest BCUT2D eigenvalue weighted by Crippen LogP contribution is 2.38. The first-order valence-electron chi connectivity index (χ1n) is 19.0. The summed E-state index contributed by atoms with van der Waals surface area (Å²) in [5, 5.41) is 0.964. The summed E-state index contributed by atoms with van der Waals surface area (Å²) in [4.78, 5) is 20.4. The Labute approximate surface area is 335 Å². The molecule has 0 N–H and O–H groups in total. The number of nitrogens with zero attached hydrogens (tertiary/aromatic N) is 4. The maximum absolute atomic E-state index is 5.22. The van der Waals surface area contributed by atoms with Crippen LogP contribution in [0.3, 0.4) is 0 Å². The summed E-state index contributed by atoms with van der Waals surface area (Å²) in [5.41, 5.74) is 14.0. The zero-order valence-electron chi connectivity index (χ0n) is 30.8. The predicted octanol–water partition coefficient (Wildman–Crippen LogP) is 13.8. The van der Waals surface area contributed by atoms with Gasteiger partial charge in [0.2, 0.25) is 0 Å². The molecule has 10 aromatic rings. The molecule has 0 spiro atoms. The van der Waals surface area contributed by atoms with E-state index in [1.807, 2.05) is 12.1 Å². The van der Waals surface area contributed by atoms with Gasteiger partial charge in [-0.1, -0.05) is 170 Å². The fourth-order valence-electron chi connectivity index (χ4n) is 7.18. The molecule has 0 aliphatic heterocycles. The molecule has 57 heavy (non-hydrogen) atoms. The van der Waals surface area contributed by atoms with Crippen LogP contribution in [-0.2, 0) is 0 Å². The van der Waals surface area contributed by atoms with Crippen LogP contribution in [0, 0.1) is 0 Å². The molecule has 5 heteroatoms. The molecule has 0 fully saturated rings. The van der Waals surface area contributed by atoms with Crippen LogP contribution in [0.15, 0.2) is 206 Å². The average Bonchev–Trinajstić information content (AvgIpc) is 3.74. The number of thiazole rings is 1. The first-order chi connectivity index (χ1) is 28.2. The molecule has 8 aromatic carbocycles. The fourth-order valence-corrected chi connectivity index (χ4v) is 8.12. The Kier molecular flexibility index (Phi) is 9.03.